The van der Waals surface area contributed by atoms with Gasteiger partial charge in [-0.25, -0.2) is 9.37 Å². The van der Waals surface area contributed by atoms with Crippen molar-refractivity contribution in [1.82, 2.24) is 20.6 Å². The summed E-state index contributed by atoms with van der Waals surface area (Å²) in [5.74, 6) is -1.30. The summed E-state index contributed by atoms with van der Waals surface area (Å²) in [4.78, 5) is 32.8. The molecule has 3 N–H and O–H groups in total. The fraction of sp³-hybridized carbons (Fsp3) is 0.333. The van der Waals surface area contributed by atoms with Gasteiger partial charge in [-0.2, -0.15) is 0 Å². The van der Waals surface area contributed by atoms with Crippen LogP contribution in [0.3, 0.4) is 0 Å². The summed E-state index contributed by atoms with van der Waals surface area (Å²) in [5, 5.41) is 16.1. The number of carbonyl (C=O) groups excluding carboxylic acids is 2. The molecule has 1 fully saturated rings. The van der Waals surface area contributed by atoms with Crippen LogP contribution >= 0.6 is 11.6 Å². The Hall–Kier alpha value is -3.04. The number of nitrogens with zero attached hydrogens (tertiary/aromatic N) is 2. The van der Waals surface area contributed by atoms with Crippen LogP contribution in [0.25, 0.3) is 0 Å². The Labute approximate surface area is 182 Å². The van der Waals surface area contributed by atoms with Gasteiger partial charge in [0.1, 0.15) is 17.3 Å². The van der Waals surface area contributed by atoms with E-state index in [1.165, 1.54) is 24.5 Å². The fourth-order valence-corrected chi connectivity index (χ4v) is 3.95. The lowest BCUT2D eigenvalue weighted by Gasteiger charge is -2.51. The third kappa shape index (κ3) is 4.52. The normalized spacial score (nSPS) is 21.9. The molecule has 0 spiro atoms. The average Bonchev–Trinajstić information content (AvgIpc) is 2.70. The molecule has 0 unspecified atom stereocenters. The highest BCUT2D eigenvalue weighted by atomic mass is 35.5. The molecule has 0 saturated heterocycles. The van der Waals surface area contributed by atoms with Crippen LogP contribution in [0.4, 0.5) is 4.39 Å². The lowest BCUT2D eigenvalue weighted by Crippen LogP contribution is -2.61. The van der Waals surface area contributed by atoms with Crippen molar-refractivity contribution >= 4 is 23.4 Å². The highest BCUT2D eigenvalue weighted by Gasteiger charge is 2.50. The molecule has 0 radical (unpaired) electrons. The quantitative estimate of drug-likeness (QED) is 0.626. The minimum atomic E-state index is -0.932. The van der Waals surface area contributed by atoms with E-state index >= 15 is 0 Å². The number of carbonyl (C=O) groups is 2. The molecule has 1 aromatic carbocycles. The van der Waals surface area contributed by atoms with Crippen molar-refractivity contribution in [1.29, 1.82) is 0 Å². The summed E-state index contributed by atoms with van der Waals surface area (Å²) in [5.41, 5.74) is 1.65. The van der Waals surface area contributed by atoms with Crippen molar-refractivity contribution in [2.75, 3.05) is 6.61 Å². The summed E-state index contributed by atoms with van der Waals surface area (Å²) in [6.07, 6.45) is 3.30. The number of aryl methyl sites for hydroxylation is 1. The molecular formula is C21H20ClFN4O4. The Kier molecular flexibility index (Phi) is 5.63. The van der Waals surface area contributed by atoms with Crippen LogP contribution in [0, 0.1) is 12.7 Å². The number of rotatable bonds is 6. The van der Waals surface area contributed by atoms with Crippen molar-refractivity contribution in [3.63, 3.8) is 0 Å². The predicted molar refractivity (Wildman–Crippen MR) is 109 cm³/mol. The summed E-state index contributed by atoms with van der Waals surface area (Å²) >= 11 is 5.62. The zero-order valence-electron chi connectivity index (χ0n) is 16.6. The van der Waals surface area contributed by atoms with Gasteiger partial charge in [-0.15, -0.1) is 0 Å². The number of hydrogen-bond acceptors (Lipinski definition) is 6. The van der Waals surface area contributed by atoms with E-state index in [1.54, 1.807) is 6.92 Å². The average molecular weight is 447 g/mol. The van der Waals surface area contributed by atoms with Crippen molar-refractivity contribution < 1.29 is 23.8 Å². The van der Waals surface area contributed by atoms with Crippen LogP contribution < -0.4 is 15.4 Å². The molecule has 2 aromatic rings. The molecule has 8 nitrogen and oxygen atoms in total. The number of aromatic nitrogens is 2. The Balaban J connectivity index is 1.34. The van der Waals surface area contributed by atoms with E-state index in [-0.39, 0.29) is 35.4 Å². The minimum absolute atomic E-state index is 0.0379. The second-order valence-electron chi connectivity index (χ2n) is 7.78. The molecule has 3 aliphatic rings. The molecule has 0 aliphatic heterocycles. The first-order chi connectivity index (χ1) is 14.7. The summed E-state index contributed by atoms with van der Waals surface area (Å²) < 4.78 is 18.7. The predicted octanol–water partition coefficient (Wildman–Crippen LogP) is 2.05. The Morgan fingerprint density at radius 2 is 2.10 bits per heavy atom. The number of benzene rings is 1. The zero-order valence-corrected chi connectivity index (χ0v) is 17.4. The summed E-state index contributed by atoms with van der Waals surface area (Å²) in [6.45, 7) is 1.43. The van der Waals surface area contributed by atoms with E-state index in [1.807, 2.05) is 0 Å². The SMILES string of the molecule is Cc1cnc(C(=O)NC23CC(=C(NC(=O)COc4ccc(Cl)c(F)c4)[C@@H](O)C2)C3)cn1. The third-order valence-corrected chi connectivity index (χ3v) is 5.64. The van der Waals surface area contributed by atoms with Crippen LogP contribution in [0.2, 0.25) is 5.02 Å². The van der Waals surface area contributed by atoms with Gasteiger partial charge in [0, 0.05) is 24.4 Å². The molecule has 10 heteroatoms. The van der Waals surface area contributed by atoms with Gasteiger partial charge in [0.15, 0.2) is 6.61 Å². The molecule has 1 atom stereocenters. The smallest absolute Gasteiger partial charge is 0.271 e. The molecule has 1 saturated carbocycles. The number of halogens is 2. The van der Waals surface area contributed by atoms with Gasteiger partial charge in [0.05, 0.1) is 28.6 Å². The number of fused-ring (bicyclic) bond motifs is 2. The van der Waals surface area contributed by atoms with Crippen molar-refractivity contribution in [2.24, 2.45) is 0 Å². The second kappa shape index (κ2) is 8.24. The Morgan fingerprint density at radius 3 is 2.74 bits per heavy atom. The van der Waals surface area contributed by atoms with Crippen molar-refractivity contribution in [2.45, 2.75) is 37.8 Å². The van der Waals surface area contributed by atoms with Gasteiger partial charge in [-0.05, 0) is 37.5 Å². The number of nitrogens with one attached hydrogen (secondary N) is 2. The number of aliphatic hydroxyl groups is 1. The van der Waals surface area contributed by atoms with Crippen LogP contribution in [-0.4, -0.2) is 45.1 Å². The molecule has 2 bridgehead atoms. The first-order valence-electron chi connectivity index (χ1n) is 9.63. The maximum atomic E-state index is 13.4. The van der Waals surface area contributed by atoms with Crippen LogP contribution in [0.5, 0.6) is 5.75 Å². The van der Waals surface area contributed by atoms with Crippen LogP contribution in [0.15, 0.2) is 41.9 Å². The van der Waals surface area contributed by atoms with Crippen molar-refractivity contribution in [3.05, 3.63) is 64.1 Å². The van der Waals surface area contributed by atoms with Gasteiger partial charge in [0.25, 0.3) is 11.8 Å². The highest BCUT2D eigenvalue weighted by molar-refractivity contribution is 6.30. The molecule has 5 rings (SSSR count). The first-order valence-corrected chi connectivity index (χ1v) is 10.0. The van der Waals surface area contributed by atoms with E-state index in [2.05, 4.69) is 20.6 Å². The number of amides is 2. The largest absolute Gasteiger partial charge is 0.484 e. The van der Waals surface area contributed by atoms with E-state index in [0.29, 0.717) is 24.2 Å². The van der Waals surface area contributed by atoms with E-state index in [9.17, 15) is 19.1 Å². The van der Waals surface area contributed by atoms with Gasteiger partial charge in [-0.1, -0.05) is 11.6 Å². The van der Waals surface area contributed by atoms with E-state index in [4.69, 9.17) is 16.3 Å². The zero-order chi connectivity index (χ0) is 22.2. The summed E-state index contributed by atoms with van der Waals surface area (Å²) in [7, 11) is 0. The second-order valence-corrected chi connectivity index (χ2v) is 8.19. The molecule has 2 amide bonds. The maximum absolute atomic E-state index is 13.4. The molecule has 1 aromatic heterocycles. The monoisotopic (exact) mass is 446 g/mol. The fourth-order valence-electron chi connectivity index (χ4n) is 3.84. The van der Waals surface area contributed by atoms with Gasteiger partial charge in [0.2, 0.25) is 0 Å². The number of aliphatic hydroxyl groups excluding tert-OH is 1. The van der Waals surface area contributed by atoms with Gasteiger partial charge in [-0.3, -0.25) is 14.6 Å². The first kappa shape index (κ1) is 21.2. The van der Waals surface area contributed by atoms with E-state index < -0.39 is 23.4 Å². The maximum Gasteiger partial charge on any atom is 0.271 e. The minimum Gasteiger partial charge on any atom is -0.484 e. The van der Waals surface area contributed by atoms with Crippen molar-refractivity contribution in [3.8, 4) is 5.75 Å². The Bertz CT molecular complexity index is 1070. The van der Waals surface area contributed by atoms with Gasteiger partial charge >= 0.3 is 0 Å². The topological polar surface area (TPSA) is 113 Å². The molecular weight excluding hydrogens is 427 g/mol. The number of ether oxygens (including phenoxy) is 1. The summed E-state index contributed by atoms with van der Waals surface area (Å²) in [6, 6.07) is 3.88. The van der Waals surface area contributed by atoms with Crippen LogP contribution in [-0.2, 0) is 4.79 Å². The lowest BCUT2D eigenvalue weighted by molar-refractivity contribution is -0.123. The van der Waals surface area contributed by atoms with Gasteiger partial charge < -0.3 is 20.5 Å². The standard InChI is InChI=1S/C21H20ClFN4O4/c1-11-8-25-16(9-24-11)20(30)27-21-5-12(6-21)19(17(28)7-21)26-18(29)10-31-13-2-3-14(22)15(23)4-13/h2-4,8-9,17,28H,5-7,10H2,1H3,(H,26,29)(H,27,30)/t17-/m0/s1. The van der Waals surface area contributed by atoms with E-state index in [0.717, 1.165) is 11.6 Å². The highest BCUT2D eigenvalue weighted by Crippen LogP contribution is 2.47. The Morgan fingerprint density at radius 1 is 1.32 bits per heavy atom. The number of hydrogen-bond donors (Lipinski definition) is 3. The van der Waals surface area contributed by atoms with Crippen LogP contribution in [0.1, 0.15) is 35.4 Å². The molecule has 3 aliphatic carbocycles. The lowest BCUT2D eigenvalue weighted by atomic mass is 9.63. The third-order valence-electron chi connectivity index (χ3n) is 5.33. The molecule has 162 valence electrons. The molecule has 31 heavy (non-hydrogen) atoms. The molecule has 1 heterocycles.